The topological polar surface area (TPSA) is 40.6 Å². The molecule has 2 aliphatic rings. The summed E-state index contributed by atoms with van der Waals surface area (Å²) in [6, 6.07) is 9.92. The molecule has 0 unspecified atom stereocenters. The highest BCUT2D eigenvalue weighted by atomic mass is 32.2. The summed E-state index contributed by atoms with van der Waals surface area (Å²) in [6.07, 6.45) is 10.5. The normalized spacial score (nSPS) is 19.9. The number of thioether (sulfide) groups is 1. The Hall–Kier alpha value is -1.92. The van der Waals surface area contributed by atoms with Crippen molar-refractivity contribution in [3.8, 4) is 0 Å². The van der Waals surface area contributed by atoms with Gasteiger partial charge in [0.1, 0.15) is 4.32 Å². The summed E-state index contributed by atoms with van der Waals surface area (Å²) in [5.74, 6) is 0.0188. The van der Waals surface area contributed by atoms with Crippen LogP contribution in [0.4, 0.5) is 0 Å². The minimum Gasteiger partial charge on any atom is -0.343 e. The molecule has 0 radical (unpaired) electrons. The third kappa shape index (κ3) is 5.53. The van der Waals surface area contributed by atoms with Crippen LogP contribution < -0.4 is 0 Å². The minimum absolute atomic E-state index is 0.105. The van der Waals surface area contributed by atoms with Crippen LogP contribution in [0.1, 0.15) is 37.7 Å². The summed E-state index contributed by atoms with van der Waals surface area (Å²) in [5, 5.41) is 0. The van der Waals surface area contributed by atoms with E-state index in [-0.39, 0.29) is 11.8 Å². The van der Waals surface area contributed by atoms with Gasteiger partial charge in [-0.05, 0) is 24.5 Å². The van der Waals surface area contributed by atoms with Gasteiger partial charge in [-0.2, -0.15) is 0 Å². The first-order valence-electron chi connectivity index (χ1n) is 9.40. The van der Waals surface area contributed by atoms with E-state index < -0.39 is 0 Å². The van der Waals surface area contributed by atoms with Crippen molar-refractivity contribution in [2.75, 3.05) is 19.6 Å². The average Bonchev–Trinajstić information content (AvgIpc) is 2.87. The smallest absolute Gasteiger partial charge is 0.266 e. The fourth-order valence-corrected chi connectivity index (χ4v) is 4.46. The summed E-state index contributed by atoms with van der Waals surface area (Å²) in [4.78, 5) is 29.1. The van der Waals surface area contributed by atoms with E-state index >= 15 is 0 Å². The molecule has 2 amide bonds. The standard InChI is InChI=1S/C21H24N2O2S2/c24-19(22-14-6-1-2-7-15-22)13-16-23-20(25)18(27-21(23)26)12-8-11-17-9-4-3-5-10-17/h3-5,8-12H,1-2,6-7,13-16H2/b11-8+,18-12-. The number of amides is 2. The summed E-state index contributed by atoms with van der Waals surface area (Å²) < 4.78 is 0.531. The number of rotatable bonds is 5. The molecule has 1 aromatic carbocycles. The molecule has 0 N–H and O–H groups in total. The largest absolute Gasteiger partial charge is 0.343 e. The minimum atomic E-state index is -0.105. The molecule has 27 heavy (non-hydrogen) atoms. The maximum atomic E-state index is 12.6. The van der Waals surface area contributed by atoms with Crippen LogP contribution >= 0.6 is 24.0 Å². The van der Waals surface area contributed by atoms with Crippen molar-refractivity contribution in [1.29, 1.82) is 0 Å². The first kappa shape index (κ1) is 19.8. The molecule has 2 aliphatic heterocycles. The van der Waals surface area contributed by atoms with Crippen LogP contribution in [-0.2, 0) is 9.59 Å². The first-order chi connectivity index (χ1) is 13.1. The van der Waals surface area contributed by atoms with Gasteiger partial charge in [0.05, 0.1) is 4.91 Å². The van der Waals surface area contributed by atoms with Crippen molar-refractivity contribution in [3.63, 3.8) is 0 Å². The number of hydrogen-bond donors (Lipinski definition) is 0. The fraction of sp³-hybridized carbons (Fsp3) is 0.381. The molecule has 0 bridgehead atoms. The van der Waals surface area contributed by atoms with Gasteiger partial charge in [0.15, 0.2) is 0 Å². The Morgan fingerprint density at radius 3 is 2.52 bits per heavy atom. The van der Waals surface area contributed by atoms with E-state index in [1.54, 1.807) is 11.0 Å². The van der Waals surface area contributed by atoms with Gasteiger partial charge in [-0.15, -0.1) is 0 Å². The van der Waals surface area contributed by atoms with E-state index in [9.17, 15) is 9.59 Å². The molecule has 142 valence electrons. The zero-order valence-corrected chi connectivity index (χ0v) is 16.9. The number of benzene rings is 1. The van der Waals surface area contributed by atoms with Gasteiger partial charge in [0.25, 0.3) is 5.91 Å². The Bertz CT molecular complexity index is 751. The summed E-state index contributed by atoms with van der Waals surface area (Å²) >= 11 is 6.65. The number of nitrogens with zero attached hydrogens (tertiary/aromatic N) is 2. The van der Waals surface area contributed by atoms with Gasteiger partial charge in [-0.3, -0.25) is 14.5 Å². The molecule has 0 spiro atoms. The van der Waals surface area contributed by atoms with Crippen LogP contribution in [0.25, 0.3) is 6.08 Å². The molecule has 0 atom stereocenters. The van der Waals surface area contributed by atoms with Gasteiger partial charge in [0.2, 0.25) is 5.91 Å². The molecular formula is C21H24N2O2S2. The van der Waals surface area contributed by atoms with E-state index in [2.05, 4.69) is 0 Å². The van der Waals surface area contributed by atoms with Crippen molar-refractivity contribution in [1.82, 2.24) is 9.80 Å². The molecule has 4 nitrogen and oxygen atoms in total. The van der Waals surface area contributed by atoms with Crippen LogP contribution in [0.5, 0.6) is 0 Å². The quantitative estimate of drug-likeness (QED) is 0.548. The maximum Gasteiger partial charge on any atom is 0.266 e. The molecular weight excluding hydrogens is 376 g/mol. The Morgan fingerprint density at radius 1 is 1.11 bits per heavy atom. The lowest BCUT2D eigenvalue weighted by Crippen LogP contribution is -2.36. The Balaban J connectivity index is 1.55. The first-order valence-corrected chi connectivity index (χ1v) is 10.6. The number of carbonyl (C=O) groups is 2. The van der Waals surface area contributed by atoms with Gasteiger partial charge >= 0.3 is 0 Å². The predicted molar refractivity (Wildman–Crippen MR) is 115 cm³/mol. The molecule has 2 fully saturated rings. The van der Waals surface area contributed by atoms with Crippen molar-refractivity contribution in [2.45, 2.75) is 32.1 Å². The molecule has 2 heterocycles. The Kier molecular flexibility index (Phi) is 7.24. The van der Waals surface area contributed by atoms with Crippen LogP contribution in [0.2, 0.25) is 0 Å². The van der Waals surface area contributed by atoms with E-state index in [0.29, 0.717) is 22.2 Å². The molecule has 0 aliphatic carbocycles. The SMILES string of the molecule is O=C(CCN1C(=O)/C(=C/C=C/c2ccccc2)SC1=S)N1CCCCCC1. The average molecular weight is 401 g/mol. The zero-order valence-electron chi connectivity index (χ0n) is 15.3. The number of thiocarbonyl (C=S) groups is 1. The van der Waals surface area contributed by atoms with E-state index in [1.165, 1.54) is 24.6 Å². The van der Waals surface area contributed by atoms with Crippen LogP contribution in [-0.4, -0.2) is 45.6 Å². The number of hydrogen-bond acceptors (Lipinski definition) is 4. The summed E-state index contributed by atoms with van der Waals surface area (Å²) in [5.41, 5.74) is 1.08. The van der Waals surface area contributed by atoms with Crippen molar-refractivity contribution in [3.05, 3.63) is 53.0 Å². The predicted octanol–water partition coefficient (Wildman–Crippen LogP) is 4.24. The van der Waals surface area contributed by atoms with Crippen LogP contribution in [0.15, 0.2) is 47.4 Å². The van der Waals surface area contributed by atoms with Crippen LogP contribution in [0.3, 0.4) is 0 Å². The highest BCUT2D eigenvalue weighted by molar-refractivity contribution is 8.26. The Morgan fingerprint density at radius 2 is 1.81 bits per heavy atom. The monoisotopic (exact) mass is 400 g/mol. The molecule has 2 saturated heterocycles. The van der Waals surface area contributed by atoms with Crippen molar-refractivity contribution >= 4 is 46.2 Å². The second-order valence-corrected chi connectivity index (χ2v) is 8.35. The van der Waals surface area contributed by atoms with Gasteiger partial charge in [0, 0.05) is 26.1 Å². The van der Waals surface area contributed by atoms with Crippen LogP contribution in [0, 0.1) is 0 Å². The number of allylic oxidation sites excluding steroid dienone is 2. The molecule has 0 saturated carbocycles. The zero-order chi connectivity index (χ0) is 19.1. The van der Waals surface area contributed by atoms with Gasteiger partial charge in [-0.25, -0.2) is 0 Å². The van der Waals surface area contributed by atoms with Gasteiger partial charge < -0.3 is 4.90 Å². The fourth-order valence-electron chi connectivity index (χ4n) is 3.20. The van der Waals surface area contributed by atoms with Crippen molar-refractivity contribution in [2.24, 2.45) is 0 Å². The molecule has 1 aromatic rings. The molecule has 0 aromatic heterocycles. The Labute approximate surface area is 170 Å². The molecule has 6 heteroatoms. The van der Waals surface area contributed by atoms with E-state index in [1.807, 2.05) is 47.4 Å². The highest BCUT2D eigenvalue weighted by Crippen LogP contribution is 2.31. The lowest BCUT2D eigenvalue weighted by Gasteiger charge is -2.22. The van der Waals surface area contributed by atoms with E-state index in [0.717, 1.165) is 31.5 Å². The number of likely N-dealkylation sites (tertiary alicyclic amines) is 1. The van der Waals surface area contributed by atoms with Crippen molar-refractivity contribution < 1.29 is 9.59 Å². The number of carbonyl (C=O) groups excluding carboxylic acids is 2. The second-order valence-electron chi connectivity index (χ2n) is 6.67. The maximum absolute atomic E-state index is 12.6. The van der Waals surface area contributed by atoms with E-state index in [4.69, 9.17) is 12.2 Å². The second kappa shape index (κ2) is 9.85. The van der Waals surface area contributed by atoms with Gasteiger partial charge in [-0.1, -0.05) is 79.3 Å². The lowest BCUT2D eigenvalue weighted by atomic mass is 10.2. The highest BCUT2D eigenvalue weighted by Gasteiger charge is 2.32. The molecule has 3 rings (SSSR count). The summed E-state index contributed by atoms with van der Waals surface area (Å²) in [6.45, 7) is 2.03. The third-order valence-electron chi connectivity index (χ3n) is 4.72. The summed E-state index contributed by atoms with van der Waals surface area (Å²) in [7, 11) is 0. The lowest BCUT2D eigenvalue weighted by molar-refractivity contribution is -0.131. The third-order valence-corrected chi connectivity index (χ3v) is 6.11.